The molecule has 2 bridgehead atoms. The van der Waals surface area contributed by atoms with Crippen LogP contribution in [-0.2, 0) is 0 Å². The molecular formula is C10H18P. The summed E-state index contributed by atoms with van der Waals surface area (Å²) >= 11 is 0. The van der Waals surface area contributed by atoms with E-state index >= 15 is 0 Å². The highest BCUT2D eigenvalue weighted by molar-refractivity contribution is 7.38. The van der Waals surface area contributed by atoms with Gasteiger partial charge in [-0.15, -0.1) is 8.58 Å². The molecule has 11 heavy (non-hydrogen) atoms. The normalized spacial score (nSPS) is 36.5. The Kier molecular flexibility index (Phi) is 2.85. The highest BCUT2D eigenvalue weighted by Crippen LogP contribution is 2.37. The van der Waals surface area contributed by atoms with Crippen LogP contribution in [0.1, 0.15) is 38.5 Å². The highest BCUT2D eigenvalue weighted by atomic mass is 31.1. The Morgan fingerprint density at radius 2 is 1.82 bits per heavy atom. The van der Waals surface area contributed by atoms with Crippen molar-refractivity contribution in [1.29, 1.82) is 0 Å². The Morgan fingerprint density at radius 3 is 2.55 bits per heavy atom. The maximum absolute atomic E-state index is 1.90. The molecule has 2 saturated heterocycles. The fourth-order valence-corrected chi connectivity index (χ4v) is 4.05. The summed E-state index contributed by atoms with van der Waals surface area (Å²) in [6.45, 7) is 0. The fourth-order valence-electron chi connectivity index (χ4n) is 2.38. The Morgan fingerprint density at radius 1 is 1.09 bits per heavy atom. The molecule has 2 aliphatic heterocycles. The lowest BCUT2D eigenvalue weighted by Crippen LogP contribution is -2.15. The third-order valence-electron chi connectivity index (χ3n) is 3.09. The molecule has 1 aliphatic carbocycles. The van der Waals surface area contributed by atoms with E-state index in [1.165, 1.54) is 53.3 Å². The van der Waals surface area contributed by atoms with E-state index in [0.717, 1.165) is 5.92 Å². The van der Waals surface area contributed by atoms with E-state index in [-0.39, 0.29) is 0 Å². The van der Waals surface area contributed by atoms with Crippen LogP contribution in [-0.4, -0.2) is 12.3 Å². The summed E-state index contributed by atoms with van der Waals surface area (Å²) in [5.74, 6) is 3.02. The topological polar surface area (TPSA) is 0 Å². The van der Waals surface area contributed by atoms with Gasteiger partial charge in [0.2, 0.25) is 0 Å². The van der Waals surface area contributed by atoms with Crippen molar-refractivity contribution in [2.24, 2.45) is 5.92 Å². The summed E-state index contributed by atoms with van der Waals surface area (Å²) in [6.07, 6.45) is 12.1. The summed E-state index contributed by atoms with van der Waals surface area (Å²) in [5, 5.41) is 0. The lowest BCUT2D eigenvalue weighted by atomic mass is 9.87. The van der Waals surface area contributed by atoms with E-state index in [0.29, 0.717) is 0 Å². The van der Waals surface area contributed by atoms with Crippen molar-refractivity contribution in [1.82, 2.24) is 0 Å². The van der Waals surface area contributed by atoms with E-state index < -0.39 is 0 Å². The van der Waals surface area contributed by atoms with Gasteiger partial charge in [0.15, 0.2) is 0 Å². The molecule has 1 radical (unpaired) electrons. The molecular weight excluding hydrogens is 151 g/mol. The van der Waals surface area contributed by atoms with Gasteiger partial charge >= 0.3 is 0 Å². The molecule has 3 fully saturated rings. The van der Waals surface area contributed by atoms with Gasteiger partial charge in [-0.3, -0.25) is 0 Å². The van der Waals surface area contributed by atoms with Crippen molar-refractivity contribution >= 4 is 8.58 Å². The third-order valence-corrected chi connectivity index (χ3v) is 4.71. The minimum absolute atomic E-state index is 1.12. The number of hydrogen-bond donors (Lipinski definition) is 0. The lowest BCUT2D eigenvalue weighted by molar-refractivity contribution is 0.417. The Labute approximate surface area is 71.9 Å². The lowest BCUT2D eigenvalue weighted by Gasteiger charge is -2.28. The molecule has 3 rings (SSSR count). The molecule has 1 atom stereocenters. The van der Waals surface area contributed by atoms with E-state index in [1.54, 1.807) is 6.16 Å². The largest absolute Gasteiger partial charge is 0.121 e. The third kappa shape index (κ3) is 2.18. The zero-order valence-electron chi connectivity index (χ0n) is 7.23. The second kappa shape index (κ2) is 3.90. The van der Waals surface area contributed by atoms with Gasteiger partial charge in [-0.25, -0.2) is 0 Å². The van der Waals surface area contributed by atoms with E-state index in [1.807, 2.05) is 5.92 Å². The number of rotatable bonds is 0. The Bertz CT molecular complexity index is 86.3. The van der Waals surface area contributed by atoms with Crippen molar-refractivity contribution < 1.29 is 0 Å². The van der Waals surface area contributed by atoms with Crippen molar-refractivity contribution in [3.05, 3.63) is 5.92 Å². The van der Waals surface area contributed by atoms with Crippen LogP contribution in [0.2, 0.25) is 0 Å². The van der Waals surface area contributed by atoms with Gasteiger partial charge in [0.1, 0.15) is 0 Å². The average Bonchev–Trinajstić information content (AvgIpc) is 1.80. The van der Waals surface area contributed by atoms with Gasteiger partial charge in [-0.05, 0) is 37.0 Å². The van der Waals surface area contributed by atoms with Crippen LogP contribution in [0.5, 0.6) is 0 Å². The molecule has 63 valence electrons. The van der Waals surface area contributed by atoms with Crippen LogP contribution in [0.25, 0.3) is 0 Å². The maximum Gasteiger partial charge on any atom is -0.0201 e. The molecule has 0 aromatic carbocycles. The van der Waals surface area contributed by atoms with E-state index in [2.05, 4.69) is 0 Å². The molecule has 2 heterocycles. The summed E-state index contributed by atoms with van der Waals surface area (Å²) in [6, 6.07) is 0. The minimum Gasteiger partial charge on any atom is -0.121 e. The van der Waals surface area contributed by atoms with Gasteiger partial charge in [-0.2, -0.15) is 0 Å². The zero-order chi connectivity index (χ0) is 7.52. The highest BCUT2D eigenvalue weighted by Gasteiger charge is 2.20. The van der Waals surface area contributed by atoms with Gasteiger partial charge in [0.25, 0.3) is 0 Å². The Balaban J connectivity index is 1.96. The van der Waals surface area contributed by atoms with E-state index in [4.69, 9.17) is 0 Å². The first kappa shape index (κ1) is 8.05. The molecule has 0 spiro atoms. The number of fused-ring (bicyclic) bond motifs is 6. The van der Waals surface area contributed by atoms with Crippen LogP contribution in [0, 0.1) is 11.8 Å². The van der Waals surface area contributed by atoms with Crippen molar-refractivity contribution in [2.45, 2.75) is 38.5 Å². The summed E-state index contributed by atoms with van der Waals surface area (Å²) < 4.78 is 0. The first-order chi connectivity index (χ1) is 5.45. The monoisotopic (exact) mass is 169 g/mol. The molecule has 0 N–H and O–H groups in total. The molecule has 3 aliphatic rings. The molecule has 1 saturated carbocycles. The van der Waals surface area contributed by atoms with Crippen LogP contribution in [0.15, 0.2) is 0 Å². The van der Waals surface area contributed by atoms with Crippen LogP contribution in [0.3, 0.4) is 0 Å². The molecule has 0 aromatic heterocycles. The Hall–Kier alpha value is 0.430. The van der Waals surface area contributed by atoms with Crippen LogP contribution >= 0.6 is 8.58 Å². The zero-order valence-corrected chi connectivity index (χ0v) is 8.23. The summed E-state index contributed by atoms with van der Waals surface area (Å²) in [4.78, 5) is 0. The van der Waals surface area contributed by atoms with Gasteiger partial charge in [0, 0.05) is 0 Å². The van der Waals surface area contributed by atoms with Crippen molar-refractivity contribution in [2.75, 3.05) is 12.3 Å². The first-order valence-electron chi connectivity index (χ1n) is 4.99. The predicted octanol–water partition coefficient (Wildman–Crippen LogP) is 3.22. The second-order valence-electron chi connectivity index (χ2n) is 4.03. The smallest absolute Gasteiger partial charge is 0.0201 e. The standard InChI is InChI=1S/C10H18P/c1-3-9-5-2-6-10(4-1)8-11-7-9/h9,11H,1-8H2. The van der Waals surface area contributed by atoms with E-state index in [9.17, 15) is 0 Å². The molecule has 1 unspecified atom stereocenters. The molecule has 1 heteroatoms. The predicted molar refractivity (Wildman–Crippen MR) is 52.5 cm³/mol. The summed E-state index contributed by atoms with van der Waals surface area (Å²) in [7, 11) is 1.27. The van der Waals surface area contributed by atoms with Crippen molar-refractivity contribution in [3.63, 3.8) is 0 Å². The van der Waals surface area contributed by atoms with Gasteiger partial charge < -0.3 is 0 Å². The molecule has 0 nitrogen and oxygen atoms in total. The molecule has 0 amide bonds. The van der Waals surface area contributed by atoms with Gasteiger partial charge in [-0.1, -0.05) is 25.7 Å². The van der Waals surface area contributed by atoms with Gasteiger partial charge in [0.05, 0.1) is 0 Å². The summed E-state index contributed by atoms with van der Waals surface area (Å²) in [5.41, 5.74) is 0. The second-order valence-corrected chi connectivity index (χ2v) is 5.29. The van der Waals surface area contributed by atoms with Crippen LogP contribution < -0.4 is 0 Å². The fraction of sp³-hybridized carbons (Fsp3) is 0.900. The average molecular weight is 169 g/mol. The van der Waals surface area contributed by atoms with Crippen LogP contribution in [0.4, 0.5) is 0 Å². The molecule has 0 aromatic rings. The minimum atomic E-state index is 1.12. The number of hydrogen-bond acceptors (Lipinski definition) is 0. The quantitative estimate of drug-likeness (QED) is 0.488. The first-order valence-corrected chi connectivity index (χ1v) is 6.41. The maximum atomic E-state index is 1.90. The SMILES string of the molecule is C1C[C]2CCCC(C1)CPC2. The van der Waals surface area contributed by atoms with Crippen molar-refractivity contribution in [3.8, 4) is 0 Å².